The molecule has 0 saturated heterocycles. The molecular weight excluding hydrogens is 847 g/mol. The van der Waals surface area contributed by atoms with E-state index in [1.54, 1.807) is 3.21 Å². The molecule has 0 spiro atoms. The van der Waals surface area contributed by atoms with E-state index in [9.17, 15) is 0 Å². The van der Waals surface area contributed by atoms with Gasteiger partial charge in [-0.1, -0.05) is 131 Å². The summed E-state index contributed by atoms with van der Waals surface area (Å²) >= 11 is 1.51. The van der Waals surface area contributed by atoms with Crippen molar-refractivity contribution in [3.8, 4) is 33.4 Å². The molecule has 0 nitrogen and oxygen atoms in total. The van der Waals surface area contributed by atoms with E-state index < -0.39 is 0 Å². The van der Waals surface area contributed by atoms with Crippen LogP contribution in [0.3, 0.4) is 0 Å². The van der Waals surface area contributed by atoms with Gasteiger partial charge >= 0.3 is 138 Å². The van der Waals surface area contributed by atoms with Gasteiger partial charge in [0.2, 0.25) is 0 Å². The van der Waals surface area contributed by atoms with Gasteiger partial charge < -0.3 is 0 Å². The number of benzene rings is 6. The maximum atomic E-state index is 3.88. The van der Waals surface area contributed by atoms with Crippen LogP contribution in [0, 0.1) is 12.1 Å². The van der Waals surface area contributed by atoms with E-state index in [4.69, 9.17) is 0 Å². The van der Waals surface area contributed by atoms with Crippen LogP contribution in [0.4, 0.5) is 0 Å². The zero-order valence-electron chi connectivity index (χ0n) is 37.2. The molecule has 0 unspecified atom stereocenters. The Bertz CT molecular complexity index is 2220. The Morgan fingerprint density at radius 1 is 0.517 bits per heavy atom. The molecular formula is C57H62Cl2Zr. The molecule has 8 rings (SSSR count). The predicted octanol–water partition coefficient (Wildman–Crippen LogP) is 15.8. The van der Waals surface area contributed by atoms with Gasteiger partial charge in [0.25, 0.3) is 0 Å². The van der Waals surface area contributed by atoms with Crippen molar-refractivity contribution in [2.45, 2.75) is 104 Å². The molecule has 6 aromatic rings. The topological polar surface area (TPSA) is 0 Å². The van der Waals surface area contributed by atoms with Gasteiger partial charge in [0.1, 0.15) is 0 Å². The largest absolute Gasteiger partial charge is 0.273 e. The van der Waals surface area contributed by atoms with E-state index in [1.807, 2.05) is 12.2 Å². The molecule has 0 aromatic heterocycles. The van der Waals surface area contributed by atoms with Crippen LogP contribution in [0.2, 0.25) is 0 Å². The summed E-state index contributed by atoms with van der Waals surface area (Å²) in [6.45, 7) is 23.3. The quantitative estimate of drug-likeness (QED) is 0.146. The Balaban J connectivity index is 0.000000250. The number of hydrogen-bond acceptors (Lipinski definition) is 0. The molecule has 0 bridgehead atoms. The third-order valence-corrected chi connectivity index (χ3v) is 14.7. The number of allylic oxidation sites excluding steroid dienone is 4. The molecule has 0 heterocycles. The molecule has 2 aliphatic carbocycles. The number of rotatable bonds is 6. The van der Waals surface area contributed by atoms with Crippen LogP contribution in [0.5, 0.6) is 0 Å². The fraction of sp³-hybridized carbons (Fsp3) is 0.281. The van der Waals surface area contributed by atoms with E-state index in [2.05, 4.69) is 227 Å². The molecule has 0 radical (unpaired) electrons. The van der Waals surface area contributed by atoms with Crippen molar-refractivity contribution in [3.63, 3.8) is 0 Å². The van der Waals surface area contributed by atoms with Crippen molar-refractivity contribution in [1.82, 2.24) is 0 Å². The molecule has 60 heavy (non-hydrogen) atoms. The third kappa shape index (κ3) is 11.1. The maximum absolute atomic E-state index is 3.88. The molecule has 0 atom stereocenters. The molecule has 308 valence electrons. The van der Waals surface area contributed by atoms with Crippen LogP contribution >= 0.6 is 24.8 Å². The van der Waals surface area contributed by atoms with Gasteiger partial charge in [-0.3, -0.25) is 6.08 Å². The van der Waals surface area contributed by atoms with Crippen LogP contribution in [0.15, 0.2) is 158 Å². The summed E-state index contributed by atoms with van der Waals surface area (Å²) in [6.07, 6.45) is 10.9. The maximum Gasteiger partial charge on any atom is -0.109 e. The predicted molar refractivity (Wildman–Crippen MR) is 262 cm³/mol. The average Bonchev–Trinajstić information content (AvgIpc) is 3.93. The van der Waals surface area contributed by atoms with Gasteiger partial charge in [-0.25, -0.2) is 12.2 Å². The molecule has 0 aliphatic heterocycles. The summed E-state index contributed by atoms with van der Waals surface area (Å²) in [7, 11) is 0. The van der Waals surface area contributed by atoms with Crippen LogP contribution in [0.25, 0.3) is 33.4 Å². The second-order valence-electron chi connectivity index (χ2n) is 18.8. The van der Waals surface area contributed by atoms with E-state index in [1.165, 1.54) is 91.0 Å². The van der Waals surface area contributed by atoms with Crippen LogP contribution in [-0.4, -0.2) is 3.21 Å². The summed E-state index contributed by atoms with van der Waals surface area (Å²) in [5.74, 6) is 0. The van der Waals surface area contributed by atoms with Gasteiger partial charge in [-0.2, -0.15) is 6.08 Å². The second kappa shape index (κ2) is 20.3. The third-order valence-electron chi connectivity index (χ3n) is 11.6. The first-order chi connectivity index (χ1) is 27.5. The molecule has 0 N–H and O–H groups in total. The normalized spacial score (nSPS) is 12.7. The average molecular weight is 909 g/mol. The fourth-order valence-electron chi connectivity index (χ4n) is 8.22. The molecule has 0 fully saturated rings. The minimum absolute atomic E-state index is 0. The minimum atomic E-state index is 0. The monoisotopic (exact) mass is 906 g/mol. The summed E-state index contributed by atoms with van der Waals surface area (Å²) in [5.41, 5.74) is 16.5. The van der Waals surface area contributed by atoms with E-state index >= 15 is 0 Å². The number of hydrogen-bond donors (Lipinski definition) is 0. The Kier molecular flexibility index (Phi) is 16.5. The SMILES string of the molecule is CC(C)(C)c1cc2c([c-]c1-c1ccccc1)Cc1cc(-c3ccccc3)c(C(C)(C)C)cc1-2.CC(C)([C](=[Zr+2])C(C)(C)c1ccccc1)c1ccccc1.Cl.Cl.[C-]1=CC=CC1. The summed E-state index contributed by atoms with van der Waals surface area (Å²) in [4.78, 5) is 0. The van der Waals surface area contributed by atoms with Crippen LogP contribution in [-0.2, 0) is 52.3 Å². The first kappa shape index (κ1) is 48.8. The Hall–Kier alpha value is -3.87. The zero-order chi connectivity index (χ0) is 41.7. The first-order valence-electron chi connectivity index (χ1n) is 20.8. The van der Waals surface area contributed by atoms with Gasteiger partial charge in [-0.05, 0) is 39.5 Å². The van der Waals surface area contributed by atoms with E-state index in [0.717, 1.165) is 12.8 Å². The van der Waals surface area contributed by atoms with Crippen molar-refractivity contribution >= 4 is 28.0 Å². The fourth-order valence-corrected chi connectivity index (χ4v) is 8.93. The molecule has 0 amide bonds. The van der Waals surface area contributed by atoms with Crippen molar-refractivity contribution in [2.24, 2.45) is 0 Å². The Morgan fingerprint density at radius 3 is 1.38 bits per heavy atom. The summed E-state index contributed by atoms with van der Waals surface area (Å²) in [5, 5.41) is 0. The van der Waals surface area contributed by atoms with Gasteiger partial charge in [0.05, 0.1) is 0 Å². The van der Waals surface area contributed by atoms with E-state index in [0.29, 0.717) is 0 Å². The van der Waals surface area contributed by atoms with Gasteiger partial charge in [0.15, 0.2) is 0 Å². The Labute approximate surface area is 389 Å². The molecule has 6 aromatic carbocycles. The molecule has 3 heteroatoms. The Morgan fingerprint density at radius 2 is 0.967 bits per heavy atom. The summed E-state index contributed by atoms with van der Waals surface area (Å²) < 4.78 is 1.58. The van der Waals surface area contributed by atoms with Crippen molar-refractivity contribution in [3.05, 3.63) is 203 Å². The van der Waals surface area contributed by atoms with Crippen LogP contribution < -0.4 is 0 Å². The summed E-state index contributed by atoms with van der Waals surface area (Å²) in [6, 6.07) is 54.5. The first-order valence-corrected chi connectivity index (χ1v) is 22.0. The van der Waals surface area contributed by atoms with Crippen LogP contribution in [0.1, 0.15) is 109 Å². The van der Waals surface area contributed by atoms with E-state index in [-0.39, 0.29) is 46.5 Å². The van der Waals surface area contributed by atoms with Gasteiger partial charge in [-0.15, -0.1) is 60.1 Å². The van der Waals surface area contributed by atoms with Crippen molar-refractivity contribution in [2.75, 3.05) is 0 Å². The standard InChI is InChI=1S/C33H33.C19H22.C5H5.2ClH.Zr/c1-32(2,3)30-20-26-24(18-28(30)22-13-9-7-10-14-22)17-25-19-29(23-15-11-8-12-16-23)31(21-27(25)26)33(4,5)6;1-18(2,16-11-7-5-8-12-16)15-19(3,4)17-13-9-6-10-14-17;1-2-4-5-3-1;;;/h7-16,18,20-21H,17H2,1-6H3;5-14H,1-4H3;1-3H,4H2;2*1H;/q-1;;-1;;;+2. The second-order valence-corrected chi connectivity index (χ2v) is 20.0. The molecule has 0 saturated carbocycles. The van der Waals surface area contributed by atoms with Gasteiger partial charge in [0, 0.05) is 0 Å². The van der Waals surface area contributed by atoms with Crippen molar-refractivity contribution < 1.29 is 24.2 Å². The minimum Gasteiger partial charge on any atom is -0.273 e. The zero-order valence-corrected chi connectivity index (χ0v) is 41.3. The smallest absolute Gasteiger partial charge is 0.109 e. The van der Waals surface area contributed by atoms with Crippen molar-refractivity contribution in [1.29, 1.82) is 0 Å². The number of fused-ring (bicyclic) bond motifs is 3. The molecule has 2 aliphatic rings. The number of halogens is 2.